The van der Waals surface area contributed by atoms with Crippen LogP contribution in [-0.4, -0.2) is 105 Å². The Morgan fingerprint density at radius 1 is 0.738 bits per heavy atom. The number of amides is 1. The minimum atomic E-state index is -5.32. The molecule has 0 aliphatic rings. The molecule has 5 rings (SSSR count). The van der Waals surface area contributed by atoms with Gasteiger partial charge in [-0.3, -0.25) is 23.0 Å². The number of benzene rings is 4. The Bertz CT molecular complexity index is 3170. The lowest BCUT2D eigenvalue weighted by Gasteiger charge is -2.15. The van der Waals surface area contributed by atoms with Crippen LogP contribution in [0, 0.1) is 0 Å². The number of hydrogen-bond acceptors (Lipinski definition) is 20. The van der Waals surface area contributed by atoms with Crippen LogP contribution in [0.4, 0.5) is 34.6 Å². The predicted molar refractivity (Wildman–Crippen MR) is 212 cm³/mol. The molecule has 0 aliphatic heterocycles. The molecular formula is C30H27ClN8O17S5. The van der Waals surface area contributed by atoms with Crippen LogP contribution < -0.4 is 16.0 Å². The number of sulfone groups is 1. The molecule has 0 unspecified atom stereocenters. The van der Waals surface area contributed by atoms with E-state index >= 15 is 0 Å². The topological polar surface area (TPSA) is 398 Å². The van der Waals surface area contributed by atoms with Crippen LogP contribution >= 0.6 is 11.6 Å². The van der Waals surface area contributed by atoms with Gasteiger partial charge in [-0.2, -0.15) is 48.6 Å². The van der Waals surface area contributed by atoms with Crippen molar-refractivity contribution in [1.82, 2.24) is 15.0 Å². The molecule has 1 aromatic heterocycles. The summed E-state index contributed by atoms with van der Waals surface area (Å²) in [7, 11) is -24.3. The van der Waals surface area contributed by atoms with Crippen molar-refractivity contribution in [2.45, 2.75) is 26.0 Å². The minimum Gasteiger partial charge on any atom is -0.505 e. The van der Waals surface area contributed by atoms with Gasteiger partial charge in [-0.25, -0.2) is 12.6 Å². The lowest BCUT2D eigenvalue weighted by Crippen LogP contribution is -2.18. The maximum atomic E-state index is 13.2. The first-order chi connectivity index (χ1) is 28.2. The highest BCUT2D eigenvalue weighted by Crippen LogP contribution is 2.45. The van der Waals surface area contributed by atoms with E-state index in [4.69, 9.17) is 16.2 Å². The van der Waals surface area contributed by atoms with Gasteiger partial charge in [0.1, 0.15) is 21.2 Å². The molecule has 25 nitrogen and oxygen atoms in total. The van der Waals surface area contributed by atoms with Gasteiger partial charge in [0.05, 0.1) is 27.8 Å². The van der Waals surface area contributed by atoms with Crippen molar-refractivity contribution in [3.63, 3.8) is 0 Å². The first-order valence-electron chi connectivity index (χ1n) is 16.2. The van der Waals surface area contributed by atoms with Crippen molar-refractivity contribution >= 4 is 114 Å². The van der Waals surface area contributed by atoms with Crippen LogP contribution in [0.1, 0.15) is 6.42 Å². The van der Waals surface area contributed by atoms with Crippen LogP contribution in [0.25, 0.3) is 10.8 Å². The second kappa shape index (κ2) is 17.8. The van der Waals surface area contributed by atoms with Gasteiger partial charge in [0.2, 0.25) is 23.1 Å². The quantitative estimate of drug-likeness (QED) is 0.0489. The Morgan fingerprint density at radius 2 is 1.41 bits per heavy atom. The Kier molecular flexibility index (Phi) is 13.6. The Balaban J connectivity index is 1.39. The fourth-order valence-corrected chi connectivity index (χ4v) is 8.63. The van der Waals surface area contributed by atoms with Crippen molar-refractivity contribution < 1.29 is 74.4 Å². The van der Waals surface area contributed by atoms with Crippen LogP contribution in [0.15, 0.2) is 96.5 Å². The number of carbonyl (C=O) groups is 1. The van der Waals surface area contributed by atoms with E-state index in [1.807, 2.05) is 0 Å². The minimum absolute atomic E-state index is 0.114. The van der Waals surface area contributed by atoms with Gasteiger partial charge in [-0.15, -0.1) is 10.2 Å². The zero-order valence-electron chi connectivity index (χ0n) is 30.0. The van der Waals surface area contributed by atoms with Crippen LogP contribution in [0.5, 0.6) is 5.75 Å². The average Bonchev–Trinajstić information content (AvgIpc) is 3.12. The number of phenols is 1. The molecule has 4 aromatic carbocycles. The van der Waals surface area contributed by atoms with Crippen molar-refractivity contribution in [2.24, 2.45) is 10.2 Å². The SMILES string of the molecule is O=C(CCNc1nc(Cl)nc(Nc2cccc(S(=O)(=O)CCOS(=O)(=O)O)c2)n1)Nc1cc(S(=O)(=O)O)cc2cc(S(=O)(=O)O)c(N=Nc3ccccc3S(=O)(=O)O)c(O)c12. The van der Waals surface area contributed by atoms with Gasteiger partial charge in [0, 0.05) is 24.0 Å². The lowest BCUT2D eigenvalue weighted by atomic mass is 10.1. The molecule has 0 spiro atoms. The predicted octanol–water partition coefficient (Wildman–Crippen LogP) is 3.32. The molecule has 31 heteroatoms. The number of carbonyl (C=O) groups excluding carboxylic acids is 1. The molecule has 1 heterocycles. The van der Waals surface area contributed by atoms with Crippen molar-refractivity contribution in [1.29, 1.82) is 0 Å². The third kappa shape index (κ3) is 12.3. The fourth-order valence-electron chi connectivity index (χ4n) is 5.11. The number of halogens is 1. The second-order valence-corrected chi connectivity index (χ2v) is 19.7. The Hall–Kier alpha value is -5.54. The zero-order chi connectivity index (χ0) is 45.1. The maximum Gasteiger partial charge on any atom is 0.397 e. The average molecular weight is 967 g/mol. The number of aromatic hydroxyl groups is 1. The van der Waals surface area contributed by atoms with E-state index in [1.54, 1.807) is 0 Å². The molecule has 0 atom stereocenters. The van der Waals surface area contributed by atoms with Crippen LogP contribution in [-0.2, 0) is 59.6 Å². The fraction of sp³-hybridized carbons (Fsp3) is 0.133. The summed E-state index contributed by atoms with van der Waals surface area (Å²) in [6.07, 6.45) is -0.478. The highest BCUT2D eigenvalue weighted by Gasteiger charge is 2.27. The molecule has 0 saturated heterocycles. The third-order valence-corrected chi connectivity index (χ3v) is 12.6. The number of anilines is 4. The number of hydrogen-bond donors (Lipinski definition) is 8. The second-order valence-electron chi connectivity index (χ2n) is 11.9. The highest BCUT2D eigenvalue weighted by atomic mass is 35.5. The molecule has 0 bridgehead atoms. The first-order valence-corrected chi connectivity index (χ1v) is 23.9. The van der Waals surface area contributed by atoms with E-state index in [1.165, 1.54) is 30.3 Å². The van der Waals surface area contributed by atoms with E-state index in [0.29, 0.717) is 18.2 Å². The van der Waals surface area contributed by atoms with Gasteiger partial charge in [0.15, 0.2) is 15.6 Å². The molecule has 0 saturated carbocycles. The van der Waals surface area contributed by atoms with E-state index in [-0.39, 0.29) is 34.3 Å². The molecular weight excluding hydrogens is 940 g/mol. The summed E-state index contributed by atoms with van der Waals surface area (Å²) in [4.78, 5) is 21.9. The smallest absolute Gasteiger partial charge is 0.397 e. The molecule has 0 fully saturated rings. The van der Waals surface area contributed by atoms with E-state index < -0.39 is 124 Å². The number of phenolic OH excluding ortho intramolecular Hbond substituents is 1. The summed E-state index contributed by atoms with van der Waals surface area (Å²) in [5.74, 6) is -3.30. The number of nitrogens with zero attached hydrogens (tertiary/aromatic N) is 5. The number of rotatable bonds is 17. The van der Waals surface area contributed by atoms with E-state index in [2.05, 4.69) is 45.3 Å². The maximum absolute atomic E-state index is 13.2. The summed E-state index contributed by atoms with van der Waals surface area (Å²) in [6.45, 7) is -1.15. The van der Waals surface area contributed by atoms with Crippen molar-refractivity contribution in [3.05, 3.63) is 72.0 Å². The summed E-state index contributed by atoms with van der Waals surface area (Å²) < 4.78 is 162. The summed E-state index contributed by atoms with van der Waals surface area (Å²) in [6, 6.07) is 11.6. The molecule has 1 amide bonds. The highest BCUT2D eigenvalue weighted by molar-refractivity contribution is 7.91. The molecule has 8 N–H and O–H groups in total. The first kappa shape index (κ1) is 46.5. The monoisotopic (exact) mass is 966 g/mol. The molecule has 0 radical (unpaired) electrons. The normalized spacial score (nSPS) is 12.7. The molecule has 5 aromatic rings. The molecule has 326 valence electrons. The zero-order valence-corrected chi connectivity index (χ0v) is 34.8. The van der Waals surface area contributed by atoms with Crippen molar-refractivity contribution in [2.75, 3.05) is 34.9 Å². The van der Waals surface area contributed by atoms with Gasteiger partial charge in [-0.1, -0.05) is 18.2 Å². The Labute approximate surface area is 350 Å². The van der Waals surface area contributed by atoms with Gasteiger partial charge < -0.3 is 21.1 Å². The van der Waals surface area contributed by atoms with Crippen LogP contribution in [0.3, 0.4) is 0 Å². The van der Waals surface area contributed by atoms with Gasteiger partial charge >= 0.3 is 10.4 Å². The van der Waals surface area contributed by atoms with Gasteiger partial charge in [0.25, 0.3) is 30.4 Å². The largest absolute Gasteiger partial charge is 0.505 e. The van der Waals surface area contributed by atoms with E-state index in [0.717, 1.165) is 18.2 Å². The van der Waals surface area contributed by atoms with Crippen molar-refractivity contribution in [3.8, 4) is 5.75 Å². The van der Waals surface area contributed by atoms with E-state index in [9.17, 15) is 65.6 Å². The summed E-state index contributed by atoms with van der Waals surface area (Å²) in [5, 5.41) is 24.8. The lowest BCUT2D eigenvalue weighted by molar-refractivity contribution is -0.116. The van der Waals surface area contributed by atoms with Crippen LogP contribution in [0.2, 0.25) is 5.28 Å². The number of azo groups is 1. The standard InChI is InChI=1S/C30H27ClN8O17S5/c31-28-35-29(37-30(36-28)33-17-4-3-5-18(14-17)57(42,43)11-10-56-61(53,54)55)32-9-8-24(40)34-21-15-19(58(44,45)46)12-16-13-23(60(50,51)52)26(27(41)25(16)21)39-38-20-6-1-2-7-22(20)59(47,48)49/h1-7,12-15,41H,8-11H2,(H,34,40)(H,44,45,46)(H,47,48,49)(H,50,51,52)(H,53,54,55)(H2,32,33,35,36,37). The molecule has 0 aliphatic carbocycles. The number of aromatic nitrogens is 3. The Morgan fingerprint density at radius 3 is 2.07 bits per heavy atom. The number of nitrogens with one attached hydrogen (secondary N) is 3. The summed E-state index contributed by atoms with van der Waals surface area (Å²) in [5.41, 5.74) is -2.00. The molecule has 61 heavy (non-hydrogen) atoms. The number of fused-ring (bicyclic) bond motifs is 1. The van der Waals surface area contributed by atoms with Gasteiger partial charge in [-0.05, 0) is 65.5 Å². The third-order valence-electron chi connectivity index (χ3n) is 7.65. The summed E-state index contributed by atoms with van der Waals surface area (Å²) >= 11 is 6.02.